The van der Waals surface area contributed by atoms with Crippen molar-refractivity contribution >= 4 is 17.7 Å². The van der Waals surface area contributed by atoms with Crippen LogP contribution in [0.1, 0.15) is 11.3 Å². The Morgan fingerprint density at radius 1 is 1.30 bits per heavy atom. The van der Waals surface area contributed by atoms with Crippen molar-refractivity contribution in [3.8, 4) is 11.4 Å². The number of carbonyl (C=O) groups excluding carboxylic acids is 1. The Morgan fingerprint density at radius 2 is 2.17 bits per heavy atom. The van der Waals surface area contributed by atoms with E-state index in [0.29, 0.717) is 11.7 Å². The lowest BCUT2D eigenvalue weighted by atomic mass is 10.1. The third kappa shape index (κ3) is 3.62. The number of aryl methyl sites for hydroxylation is 1. The molecule has 0 spiro atoms. The highest BCUT2D eigenvalue weighted by atomic mass is 32.2. The van der Waals surface area contributed by atoms with Gasteiger partial charge < -0.3 is 10.2 Å². The van der Waals surface area contributed by atoms with E-state index in [2.05, 4.69) is 10.2 Å². The van der Waals surface area contributed by atoms with Crippen LogP contribution in [0.2, 0.25) is 0 Å². The number of amides is 1. The minimum atomic E-state index is -0.389. The van der Waals surface area contributed by atoms with E-state index in [1.165, 1.54) is 11.8 Å². The summed E-state index contributed by atoms with van der Waals surface area (Å²) in [7, 11) is 0. The first kappa shape index (κ1) is 15.4. The highest BCUT2D eigenvalue weighted by Crippen LogP contribution is 2.25. The van der Waals surface area contributed by atoms with Crippen LogP contribution < -0.4 is 5.73 Å². The third-order valence-corrected chi connectivity index (χ3v) is 4.22. The van der Waals surface area contributed by atoms with Crippen molar-refractivity contribution in [1.29, 1.82) is 0 Å². The van der Waals surface area contributed by atoms with Gasteiger partial charge in [-0.2, -0.15) is 0 Å². The van der Waals surface area contributed by atoms with Gasteiger partial charge in [0.05, 0.1) is 18.6 Å². The zero-order chi connectivity index (χ0) is 16.2. The van der Waals surface area contributed by atoms with Crippen LogP contribution in [0, 0.1) is 6.92 Å². The number of hydrogen-bond acceptors (Lipinski definition) is 5. The number of benzene rings is 1. The van der Waals surface area contributed by atoms with Gasteiger partial charge in [-0.15, -0.1) is 10.2 Å². The first-order chi connectivity index (χ1) is 11.1. The van der Waals surface area contributed by atoms with Crippen LogP contribution in [-0.4, -0.2) is 26.4 Å². The molecule has 1 aromatic carbocycles. The topological polar surface area (TPSA) is 86.9 Å². The minimum Gasteiger partial charge on any atom is -0.467 e. The number of furan rings is 1. The molecule has 0 aliphatic carbocycles. The summed E-state index contributed by atoms with van der Waals surface area (Å²) in [6, 6.07) is 11.8. The van der Waals surface area contributed by atoms with Gasteiger partial charge in [-0.1, -0.05) is 35.5 Å². The lowest BCUT2D eigenvalue weighted by Gasteiger charge is -2.08. The van der Waals surface area contributed by atoms with Crippen molar-refractivity contribution in [2.24, 2.45) is 5.73 Å². The summed E-state index contributed by atoms with van der Waals surface area (Å²) < 4.78 is 7.36. The van der Waals surface area contributed by atoms with Crippen LogP contribution in [0.15, 0.2) is 52.2 Å². The van der Waals surface area contributed by atoms with Crippen LogP contribution in [-0.2, 0) is 11.3 Å². The van der Waals surface area contributed by atoms with E-state index in [9.17, 15) is 4.79 Å². The number of carbonyl (C=O) groups is 1. The van der Waals surface area contributed by atoms with Gasteiger partial charge in [-0.3, -0.25) is 9.36 Å². The molecule has 0 saturated heterocycles. The molecular weight excluding hydrogens is 312 g/mol. The van der Waals surface area contributed by atoms with E-state index >= 15 is 0 Å². The maximum Gasteiger partial charge on any atom is 0.227 e. The van der Waals surface area contributed by atoms with E-state index < -0.39 is 0 Å². The highest BCUT2D eigenvalue weighted by Gasteiger charge is 2.16. The lowest BCUT2D eigenvalue weighted by Crippen LogP contribution is -2.14. The Balaban J connectivity index is 1.99. The summed E-state index contributed by atoms with van der Waals surface area (Å²) in [4.78, 5) is 11.0. The van der Waals surface area contributed by atoms with Crippen molar-refractivity contribution in [3.05, 3.63) is 54.0 Å². The molecule has 0 radical (unpaired) electrons. The van der Waals surface area contributed by atoms with Gasteiger partial charge >= 0.3 is 0 Å². The largest absolute Gasteiger partial charge is 0.467 e. The average Bonchev–Trinajstić information content (AvgIpc) is 3.15. The molecule has 118 valence electrons. The second-order valence-electron chi connectivity index (χ2n) is 5.10. The number of rotatable bonds is 6. The Morgan fingerprint density at radius 3 is 2.87 bits per heavy atom. The van der Waals surface area contributed by atoms with Gasteiger partial charge in [0.15, 0.2) is 11.0 Å². The Labute approximate surface area is 137 Å². The molecule has 7 heteroatoms. The maximum absolute atomic E-state index is 11.0. The quantitative estimate of drug-likeness (QED) is 0.702. The fourth-order valence-electron chi connectivity index (χ4n) is 2.23. The molecule has 0 saturated carbocycles. The van der Waals surface area contributed by atoms with Gasteiger partial charge in [0, 0.05) is 5.56 Å². The van der Waals surface area contributed by atoms with E-state index in [0.717, 1.165) is 22.7 Å². The van der Waals surface area contributed by atoms with Gasteiger partial charge in [0.2, 0.25) is 5.91 Å². The molecule has 0 aliphatic heterocycles. The second-order valence-corrected chi connectivity index (χ2v) is 6.04. The monoisotopic (exact) mass is 328 g/mol. The van der Waals surface area contributed by atoms with Crippen LogP contribution in [0.4, 0.5) is 0 Å². The first-order valence-corrected chi connectivity index (χ1v) is 8.06. The van der Waals surface area contributed by atoms with Gasteiger partial charge in [0.25, 0.3) is 0 Å². The van der Waals surface area contributed by atoms with Crippen molar-refractivity contribution in [3.63, 3.8) is 0 Å². The van der Waals surface area contributed by atoms with Crippen LogP contribution in [0.3, 0.4) is 0 Å². The lowest BCUT2D eigenvalue weighted by molar-refractivity contribution is -0.115. The third-order valence-electron chi connectivity index (χ3n) is 3.23. The maximum atomic E-state index is 11.0. The minimum absolute atomic E-state index is 0.157. The molecule has 0 aliphatic rings. The van der Waals surface area contributed by atoms with Gasteiger partial charge in [-0.25, -0.2) is 0 Å². The molecular formula is C16H16N4O2S. The standard InChI is InChI=1S/C16H16N4O2S/c1-11-4-2-5-12(8-11)15-18-19-16(23-10-14(17)21)20(15)9-13-6-3-7-22-13/h2-8H,9-10H2,1H3,(H2,17,21). The molecule has 3 rings (SSSR count). The predicted octanol–water partition coefficient (Wildman–Crippen LogP) is 2.47. The van der Waals surface area contributed by atoms with E-state index in [1.54, 1.807) is 6.26 Å². The molecule has 2 heterocycles. The van der Waals surface area contributed by atoms with Crippen molar-refractivity contribution < 1.29 is 9.21 Å². The zero-order valence-corrected chi connectivity index (χ0v) is 13.4. The molecule has 0 fully saturated rings. The summed E-state index contributed by atoms with van der Waals surface area (Å²) in [6.45, 7) is 2.52. The summed E-state index contributed by atoms with van der Waals surface area (Å²) in [5.74, 6) is 1.29. The Hall–Kier alpha value is -2.54. The van der Waals surface area contributed by atoms with Gasteiger partial charge in [-0.05, 0) is 25.1 Å². The number of thioether (sulfide) groups is 1. The molecule has 23 heavy (non-hydrogen) atoms. The molecule has 2 N–H and O–H groups in total. The van der Waals surface area contributed by atoms with Crippen LogP contribution in [0.5, 0.6) is 0 Å². The number of nitrogens with zero attached hydrogens (tertiary/aromatic N) is 3. The summed E-state index contributed by atoms with van der Waals surface area (Å²) >= 11 is 1.27. The first-order valence-electron chi connectivity index (χ1n) is 7.07. The second kappa shape index (κ2) is 6.70. The predicted molar refractivity (Wildman–Crippen MR) is 87.9 cm³/mol. The summed E-state index contributed by atoms with van der Waals surface area (Å²) in [5, 5.41) is 9.12. The van der Waals surface area contributed by atoms with E-state index in [-0.39, 0.29) is 11.7 Å². The molecule has 0 atom stereocenters. The van der Waals surface area contributed by atoms with E-state index in [1.807, 2.05) is 47.9 Å². The molecule has 0 unspecified atom stereocenters. The van der Waals surface area contributed by atoms with Crippen molar-refractivity contribution in [1.82, 2.24) is 14.8 Å². The van der Waals surface area contributed by atoms with E-state index in [4.69, 9.17) is 10.2 Å². The number of hydrogen-bond donors (Lipinski definition) is 1. The Kier molecular flexibility index (Phi) is 4.47. The summed E-state index contributed by atoms with van der Waals surface area (Å²) in [6.07, 6.45) is 1.63. The van der Waals surface area contributed by atoms with Crippen molar-refractivity contribution in [2.45, 2.75) is 18.6 Å². The Bertz CT molecular complexity index is 811. The van der Waals surface area contributed by atoms with Crippen molar-refractivity contribution in [2.75, 3.05) is 5.75 Å². The molecule has 0 bridgehead atoms. The average molecular weight is 328 g/mol. The van der Waals surface area contributed by atoms with Crippen LogP contribution >= 0.6 is 11.8 Å². The molecule has 2 aromatic heterocycles. The molecule has 1 amide bonds. The SMILES string of the molecule is Cc1cccc(-c2nnc(SCC(N)=O)n2Cc2ccco2)c1. The van der Waals surface area contributed by atoms with Gasteiger partial charge in [0.1, 0.15) is 5.76 Å². The number of primary amides is 1. The molecule has 3 aromatic rings. The molecule has 6 nitrogen and oxygen atoms in total. The summed E-state index contributed by atoms with van der Waals surface area (Å²) in [5.41, 5.74) is 7.34. The number of nitrogens with two attached hydrogens (primary N) is 1. The highest BCUT2D eigenvalue weighted by molar-refractivity contribution is 7.99. The van der Waals surface area contributed by atoms with Crippen LogP contribution in [0.25, 0.3) is 11.4 Å². The zero-order valence-electron chi connectivity index (χ0n) is 12.6. The smallest absolute Gasteiger partial charge is 0.227 e. The number of aromatic nitrogens is 3. The normalized spacial score (nSPS) is 10.8. The fourth-order valence-corrected chi connectivity index (χ4v) is 2.91. The fraction of sp³-hybridized carbons (Fsp3) is 0.188.